The Balaban J connectivity index is 2.46. The Hall–Kier alpha value is -1.40. The molecule has 1 rings (SSSR count). The van der Waals surface area contributed by atoms with Crippen LogP contribution in [0.4, 0.5) is 0 Å². The molecule has 0 bridgehead atoms. The molecule has 1 unspecified atom stereocenters. The van der Waals surface area contributed by atoms with E-state index in [9.17, 15) is 18.3 Å². The molecule has 0 heterocycles. The zero-order chi connectivity index (χ0) is 14.3. The second-order valence-electron chi connectivity index (χ2n) is 4.52. The molecule has 1 aromatic carbocycles. The third-order valence-corrected chi connectivity index (χ3v) is 3.56. The minimum atomic E-state index is -3.14. The fourth-order valence-electron chi connectivity index (χ4n) is 1.64. The summed E-state index contributed by atoms with van der Waals surface area (Å²) in [6.45, 7) is -0.181. The highest BCUT2D eigenvalue weighted by molar-refractivity contribution is 7.90. The van der Waals surface area contributed by atoms with Gasteiger partial charge in [0.2, 0.25) is 5.91 Å². The van der Waals surface area contributed by atoms with Crippen LogP contribution in [0.2, 0.25) is 0 Å². The number of rotatable bonds is 7. The average Bonchev–Trinajstić information content (AvgIpc) is 2.36. The number of benzene rings is 1. The number of aliphatic hydroxyl groups is 1. The van der Waals surface area contributed by atoms with Crippen molar-refractivity contribution in [2.75, 3.05) is 18.6 Å². The smallest absolute Gasteiger partial charge is 0.221 e. The minimum Gasteiger partial charge on any atom is -0.394 e. The van der Waals surface area contributed by atoms with E-state index in [1.165, 1.54) is 0 Å². The first kappa shape index (κ1) is 15.7. The summed E-state index contributed by atoms with van der Waals surface area (Å²) < 4.78 is 21.9. The van der Waals surface area contributed by atoms with Crippen molar-refractivity contribution in [3.05, 3.63) is 35.9 Å². The van der Waals surface area contributed by atoms with E-state index in [2.05, 4.69) is 5.32 Å². The highest BCUT2D eigenvalue weighted by Gasteiger charge is 2.13. The maximum Gasteiger partial charge on any atom is 0.221 e. The number of hydrogen-bond donors (Lipinski definition) is 2. The Kier molecular flexibility index (Phi) is 5.98. The molecule has 19 heavy (non-hydrogen) atoms. The van der Waals surface area contributed by atoms with Crippen molar-refractivity contribution < 1.29 is 18.3 Å². The molecule has 0 aliphatic rings. The Morgan fingerprint density at radius 2 is 1.95 bits per heavy atom. The third-order valence-electron chi connectivity index (χ3n) is 2.61. The summed E-state index contributed by atoms with van der Waals surface area (Å²) in [4.78, 5) is 11.6. The third kappa shape index (κ3) is 6.93. The molecule has 2 N–H and O–H groups in total. The van der Waals surface area contributed by atoms with Crippen molar-refractivity contribution in [1.82, 2.24) is 5.32 Å². The van der Waals surface area contributed by atoms with Gasteiger partial charge in [0, 0.05) is 12.7 Å². The van der Waals surface area contributed by atoms with E-state index in [0.717, 1.165) is 11.8 Å². The van der Waals surface area contributed by atoms with Gasteiger partial charge in [-0.1, -0.05) is 30.3 Å². The summed E-state index contributed by atoms with van der Waals surface area (Å²) >= 11 is 0. The fraction of sp³-hybridized carbons (Fsp3) is 0.462. The van der Waals surface area contributed by atoms with E-state index in [-0.39, 0.29) is 24.7 Å². The fourth-order valence-corrected chi connectivity index (χ4v) is 2.19. The molecule has 0 spiro atoms. The second kappa shape index (κ2) is 7.25. The highest BCUT2D eigenvalue weighted by Crippen LogP contribution is 2.03. The number of sulfone groups is 1. The molecular formula is C13H19NO4S. The van der Waals surface area contributed by atoms with Gasteiger partial charge in [0.1, 0.15) is 9.84 Å². The quantitative estimate of drug-likeness (QED) is 0.746. The zero-order valence-electron chi connectivity index (χ0n) is 10.9. The van der Waals surface area contributed by atoms with Crippen LogP contribution in [0.3, 0.4) is 0 Å². The van der Waals surface area contributed by atoms with E-state index in [0.29, 0.717) is 6.42 Å². The molecule has 5 nitrogen and oxygen atoms in total. The molecule has 0 saturated carbocycles. The molecule has 0 aromatic heterocycles. The lowest BCUT2D eigenvalue weighted by molar-refractivity contribution is -0.121. The van der Waals surface area contributed by atoms with Crippen LogP contribution in [-0.4, -0.2) is 44.1 Å². The predicted octanol–water partition coefficient (Wildman–Crippen LogP) is 0.141. The Labute approximate surface area is 113 Å². The molecule has 0 radical (unpaired) electrons. The number of nitrogens with one attached hydrogen (secondary N) is 1. The molecule has 0 aliphatic carbocycles. The summed E-state index contributed by atoms with van der Waals surface area (Å²) in [7, 11) is -3.14. The minimum absolute atomic E-state index is 0.0792. The van der Waals surface area contributed by atoms with Gasteiger partial charge in [-0.25, -0.2) is 8.42 Å². The lowest BCUT2D eigenvalue weighted by atomic mass is 10.1. The van der Waals surface area contributed by atoms with Crippen molar-refractivity contribution in [2.45, 2.75) is 18.9 Å². The van der Waals surface area contributed by atoms with E-state index < -0.39 is 15.9 Å². The summed E-state index contributed by atoms with van der Waals surface area (Å²) in [5.74, 6) is -0.539. The van der Waals surface area contributed by atoms with Crippen LogP contribution in [-0.2, 0) is 21.1 Å². The number of aliphatic hydroxyl groups excluding tert-OH is 1. The molecule has 1 amide bonds. The van der Waals surface area contributed by atoms with E-state index in [4.69, 9.17) is 0 Å². The maximum absolute atomic E-state index is 11.6. The van der Waals surface area contributed by atoms with E-state index in [1.807, 2.05) is 30.3 Å². The number of carbonyl (C=O) groups excluding carboxylic acids is 1. The summed E-state index contributed by atoms with van der Waals surface area (Å²) in [6, 6.07) is 9.08. The van der Waals surface area contributed by atoms with Crippen molar-refractivity contribution in [3.8, 4) is 0 Å². The van der Waals surface area contributed by atoms with E-state index in [1.54, 1.807) is 0 Å². The molecule has 6 heteroatoms. The first-order valence-electron chi connectivity index (χ1n) is 6.02. The van der Waals surface area contributed by atoms with Gasteiger partial charge in [0.15, 0.2) is 0 Å². The zero-order valence-corrected chi connectivity index (χ0v) is 11.7. The van der Waals surface area contributed by atoms with Crippen LogP contribution in [0.15, 0.2) is 30.3 Å². The van der Waals surface area contributed by atoms with Crippen LogP contribution < -0.4 is 5.32 Å². The van der Waals surface area contributed by atoms with Gasteiger partial charge < -0.3 is 10.4 Å². The van der Waals surface area contributed by atoms with E-state index >= 15 is 0 Å². The first-order chi connectivity index (χ1) is 8.90. The van der Waals surface area contributed by atoms with Gasteiger partial charge in [0.05, 0.1) is 18.4 Å². The number of amides is 1. The average molecular weight is 285 g/mol. The molecule has 0 aliphatic heterocycles. The van der Waals surface area contributed by atoms with Crippen molar-refractivity contribution >= 4 is 15.7 Å². The van der Waals surface area contributed by atoms with Crippen molar-refractivity contribution in [3.63, 3.8) is 0 Å². The number of hydrogen-bond acceptors (Lipinski definition) is 4. The van der Waals surface area contributed by atoms with Gasteiger partial charge in [0.25, 0.3) is 0 Å². The predicted molar refractivity (Wildman–Crippen MR) is 73.5 cm³/mol. The van der Waals surface area contributed by atoms with Gasteiger partial charge in [-0.2, -0.15) is 0 Å². The SMILES string of the molecule is CS(=O)(=O)CCC(=O)NC(CO)Cc1ccccc1. The largest absolute Gasteiger partial charge is 0.394 e. The lowest BCUT2D eigenvalue weighted by Crippen LogP contribution is -2.39. The van der Waals surface area contributed by atoms with Crippen LogP contribution in [0.1, 0.15) is 12.0 Å². The second-order valence-corrected chi connectivity index (χ2v) is 6.78. The monoisotopic (exact) mass is 285 g/mol. The molecule has 1 atom stereocenters. The lowest BCUT2D eigenvalue weighted by Gasteiger charge is -2.16. The molecular weight excluding hydrogens is 266 g/mol. The van der Waals surface area contributed by atoms with Gasteiger partial charge in [-0.3, -0.25) is 4.79 Å². The molecule has 0 saturated heterocycles. The maximum atomic E-state index is 11.6. The van der Waals surface area contributed by atoms with Crippen molar-refractivity contribution in [1.29, 1.82) is 0 Å². The molecule has 0 fully saturated rings. The van der Waals surface area contributed by atoms with Gasteiger partial charge >= 0.3 is 0 Å². The Bertz CT molecular complexity index is 499. The normalized spacial score (nSPS) is 12.9. The van der Waals surface area contributed by atoms with Crippen LogP contribution in [0.25, 0.3) is 0 Å². The van der Waals surface area contributed by atoms with Crippen LogP contribution in [0.5, 0.6) is 0 Å². The standard InChI is InChI=1S/C13H19NO4S/c1-19(17,18)8-7-13(16)14-12(10-15)9-11-5-3-2-4-6-11/h2-6,12,15H,7-10H2,1H3,(H,14,16). The molecule has 1 aromatic rings. The van der Waals surface area contributed by atoms with Gasteiger partial charge in [-0.15, -0.1) is 0 Å². The topological polar surface area (TPSA) is 83.5 Å². The van der Waals surface area contributed by atoms with Crippen LogP contribution in [0, 0.1) is 0 Å². The number of carbonyl (C=O) groups is 1. The highest BCUT2D eigenvalue weighted by atomic mass is 32.2. The Morgan fingerprint density at radius 3 is 2.47 bits per heavy atom. The van der Waals surface area contributed by atoms with Gasteiger partial charge in [-0.05, 0) is 12.0 Å². The van der Waals surface area contributed by atoms with Crippen LogP contribution >= 0.6 is 0 Å². The van der Waals surface area contributed by atoms with Crippen molar-refractivity contribution in [2.24, 2.45) is 0 Å². The first-order valence-corrected chi connectivity index (χ1v) is 8.08. The summed E-state index contributed by atoms with van der Waals surface area (Å²) in [5.41, 5.74) is 1.00. The summed E-state index contributed by atoms with van der Waals surface area (Å²) in [6.07, 6.45) is 1.53. The summed E-state index contributed by atoms with van der Waals surface area (Å²) in [5, 5.41) is 11.9. The molecule has 106 valence electrons. The Morgan fingerprint density at radius 1 is 1.32 bits per heavy atom.